The zero-order valence-corrected chi connectivity index (χ0v) is 7.55. The average Bonchev–Trinajstić information content (AvgIpc) is 2.03. The Kier molecular flexibility index (Phi) is 3.05. The van der Waals surface area contributed by atoms with Gasteiger partial charge in [-0.25, -0.2) is 4.39 Å². The molecule has 2 nitrogen and oxygen atoms in total. The SMILES string of the molecule is CC(C)C1NCC(C#N)CC1F. The van der Waals surface area contributed by atoms with Crippen molar-refractivity contribution in [3.63, 3.8) is 0 Å². The summed E-state index contributed by atoms with van der Waals surface area (Å²) >= 11 is 0. The zero-order chi connectivity index (χ0) is 9.14. The molecule has 1 heterocycles. The monoisotopic (exact) mass is 170 g/mol. The number of alkyl halides is 1. The van der Waals surface area contributed by atoms with Crippen LogP contribution in [0.15, 0.2) is 0 Å². The molecule has 0 saturated carbocycles. The molecule has 68 valence electrons. The highest BCUT2D eigenvalue weighted by Crippen LogP contribution is 2.21. The van der Waals surface area contributed by atoms with Gasteiger partial charge >= 0.3 is 0 Å². The van der Waals surface area contributed by atoms with Gasteiger partial charge in [0.05, 0.1) is 12.0 Å². The third-order valence-electron chi connectivity index (χ3n) is 2.40. The fraction of sp³-hybridized carbons (Fsp3) is 0.889. The number of rotatable bonds is 1. The lowest BCUT2D eigenvalue weighted by molar-refractivity contribution is 0.146. The van der Waals surface area contributed by atoms with Crippen LogP contribution in [0.3, 0.4) is 0 Å². The van der Waals surface area contributed by atoms with Crippen LogP contribution in [0.1, 0.15) is 20.3 Å². The van der Waals surface area contributed by atoms with Gasteiger partial charge in [-0.2, -0.15) is 5.26 Å². The maximum atomic E-state index is 13.3. The van der Waals surface area contributed by atoms with Gasteiger partial charge in [-0.15, -0.1) is 0 Å². The van der Waals surface area contributed by atoms with Crippen molar-refractivity contribution in [1.82, 2.24) is 5.32 Å². The summed E-state index contributed by atoms with van der Waals surface area (Å²) in [4.78, 5) is 0. The van der Waals surface area contributed by atoms with E-state index in [1.165, 1.54) is 0 Å². The summed E-state index contributed by atoms with van der Waals surface area (Å²) in [5.74, 6) is 0.162. The Morgan fingerprint density at radius 1 is 1.58 bits per heavy atom. The molecule has 12 heavy (non-hydrogen) atoms. The largest absolute Gasteiger partial charge is 0.310 e. The van der Waals surface area contributed by atoms with Gasteiger partial charge in [-0.1, -0.05) is 13.8 Å². The van der Waals surface area contributed by atoms with Crippen molar-refractivity contribution >= 4 is 0 Å². The molecule has 3 heteroatoms. The van der Waals surface area contributed by atoms with E-state index < -0.39 is 6.17 Å². The van der Waals surface area contributed by atoms with Gasteiger partial charge in [0.1, 0.15) is 6.17 Å². The first-order valence-corrected chi connectivity index (χ1v) is 4.42. The Balaban J connectivity index is 2.49. The van der Waals surface area contributed by atoms with Gasteiger partial charge < -0.3 is 5.32 Å². The summed E-state index contributed by atoms with van der Waals surface area (Å²) in [5, 5.41) is 11.6. The quantitative estimate of drug-likeness (QED) is 0.647. The van der Waals surface area contributed by atoms with Crippen molar-refractivity contribution in [2.45, 2.75) is 32.5 Å². The molecular formula is C9H15FN2. The molecule has 0 bridgehead atoms. The minimum Gasteiger partial charge on any atom is -0.310 e. The van der Waals surface area contributed by atoms with E-state index in [4.69, 9.17) is 5.26 Å². The van der Waals surface area contributed by atoms with Crippen LogP contribution in [0.5, 0.6) is 0 Å². The first-order valence-electron chi connectivity index (χ1n) is 4.42. The summed E-state index contributed by atoms with van der Waals surface area (Å²) in [6, 6.07) is 2.03. The molecule has 3 atom stereocenters. The summed E-state index contributed by atoms with van der Waals surface area (Å²) in [6.45, 7) is 4.63. The van der Waals surface area contributed by atoms with Gasteiger partial charge in [0.25, 0.3) is 0 Å². The van der Waals surface area contributed by atoms with E-state index >= 15 is 0 Å². The molecule has 1 aliphatic rings. The second-order valence-electron chi connectivity index (χ2n) is 3.76. The lowest BCUT2D eigenvalue weighted by Crippen LogP contribution is -2.49. The maximum Gasteiger partial charge on any atom is 0.117 e. The number of nitrogens with zero attached hydrogens (tertiary/aromatic N) is 1. The molecule has 0 amide bonds. The molecule has 0 aliphatic carbocycles. The third kappa shape index (κ3) is 1.95. The molecule has 1 N–H and O–H groups in total. The van der Waals surface area contributed by atoms with Crippen LogP contribution in [0.4, 0.5) is 4.39 Å². The molecular weight excluding hydrogens is 155 g/mol. The molecule has 0 aromatic carbocycles. The fourth-order valence-electron chi connectivity index (χ4n) is 1.66. The van der Waals surface area contributed by atoms with Crippen molar-refractivity contribution in [3.05, 3.63) is 0 Å². The highest BCUT2D eigenvalue weighted by Gasteiger charge is 2.31. The molecule has 1 aliphatic heterocycles. The van der Waals surface area contributed by atoms with E-state index in [1.54, 1.807) is 0 Å². The average molecular weight is 170 g/mol. The van der Waals surface area contributed by atoms with E-state index in [-0.39, 0.29) is 12.0 Å². The summed E-state index contributed by atoms with van der Waals surface area (Å²) < 4.78 is 13.3. The minimum absolute atomic E-state index is 0.0606. The predicted octanol–water partition coefficient (Wildman–Crippen LogP) is 1.48. The molecule has 0 radical (unpaired) electrons. The molecule has 1 rings (SSSR count). The first-order chi connectivity index (χ1) is 5.65. The molecule has 3 unspecified atom stereocenters. The van der Waals surface area contributed by atoms with E-state index in [0.29, 0.717) is 18.9 Å². The highest BCUT2D eigenvalue weighted by molar-refractivity contribution is 4.95. The summed E-state index contributed by atoms with van der Waals surface area (Å²) in [6.07, 6.45) is -0.463. The van der Waals surface area contributed by atoms with Gasteiger partial charge in [0.15, 0.2) is 0 Å². The topological polar surface area (TPSA) is 35.8 Å². The van der Waals surface area contributed by atoms with E-state index in [9.17, 15) is 4.39 Å². The van der Waals surface area contributed by atoms with Gasteiger partial charge in [0, 0.05) is 12.6 Å². The molecule has 0 spiro atoms. The number of nitrogens with one attached hydrogen (secondary N) is 1. The van der Waals surface area contributed by atoms with Gasteiger partial charge in [0.2, 0.25) is 0 Å². The highest BCUT2D eigenvalue weighted by atomic mass is 19.1. The van der Waals surface area contributed by atoms with E-state index in [2.05, 4.69) is 11.4 Å². The van der Waals surface area contributed by atoms with Gasteiger partial charge in [-0.3, -0.25) is 0 Å². The zero-order valence-electron chi connectivity index (χ0n) is 7.55. The molecule has 0 aromatic rings. The number of hydrogen-bond donors (Lipinski definition) is 1. The molecule has 1 fully saturated rings. The first kappa shape index (κ1) is 9.47. The number of nitriles is 1. The van der Waals surface area contributed by atoms with Crippen LogP contribution in [0.25, 0.3) is 0 Å². The van der Waals surface area contributed by atoms with Crippen LogP contribution in [-0.2, 0) is 0 Å². The standard InChI is InChI=1S/C9H15FN2/c1-6(2)9-8(10)3-7(4-11)5-12-9/h6-9,12H,3,5H2,1-2H3. The lowest BCUT2D eigenvalue weighted by atomic mass is 9.88. The lowest BCUT2D eigenvalue weighted by Gasteiger charge is -2.32. The second-order valence-corrected chi connectivity index (χ2v) is 3.76. The second kappa shape index (κ2) is 3.86. The van der Waals surface area contributed by atoms with Crippen molar-refractivity contribution in [2.24, 2.45) is 11.8 Å². The summed E-state index contributed by atoms with van der Waals surface area (Å²) in [5.41, 5.74) is 0. The molecule has 1 saturated heterocycles. The van der Waals surface area contributed by atoms with E-state index in [0.717, 1.165) is 0 Å². The fourth-order valence-corrected chi connectivity index (χ4v) is 1.66. The van der Waals surface area contributed by atoms with E-state index in [1.807, 2.05) is 13.8 Å². The van der Waals surface area contributed by atoms with Crippen LogP contribution in [0, 0.1) is 23.2 Å². The smallest absolute Gasteiger partial charge is 0.117 e. The normalized spacial score (nSPS) is 36.4. The maximum absolute atomic E-state index is 13.3. The number of hydrogen-bond acceptors (Lipinski definition) is 2. The van der Waals surface area contributed by atoms with Crippen molar-refractivity contribution in [1.29, 1.82) is 5.26 Å². The molecule has 0 aromatic heterocycles. The number of halogens is 1. The van der Waals surface area contributed by atoms with Crippen molar-refractivity contribution in [3.8, 4) is 6.07 Å². The minimum atomic E-state index is -0.858. The Morgan fingerprint density at radius 3 is 2.67 bits per heavy atom. The number of piperidine rings is 1. The van der Waals surface area contributed by atoms with Gasteiger partial charge in [-0.05, 0) is 12.3 Å². The third-order valence-corrected chi connectivity index (χ3v) is 2.40. The van der Waals surface area contributed by atoms with Crippen molar-refractivity contribution < 1.29 is 4.39 Å². The predicted molar refractivity (Wildman–Crippen MR) is 45.2 cm³/mol. The Labute approximate surface area is 72.8 Å². The Hall–Kier alpha value is -0.620. The van der Waals surface area contributed by atoms with Crippen LogP contribution < -0.4 is 5.32 Å². The van der Waals surface area contributed by atoms with Crippen molar-refractivity contribution in [2.75, 3.05) is 6.54 Å². The Morgan fingerprint density at radius 2 is 2.25 bits per heavy atom. The summed E-state index contributed by atoms with van der Waals surface area (Å²) in [7, 11) is 0. The van der Waals surface area contributed by atoms with Crippen LogP contribution >= 0.6 is 0 Å². The van der Waals surface area contributed by atoms with Crippen LogP contribution in [0.2, 0.25) is 0 Å². The Bertz CT molecular complexity index is 185. The van der Waals surface area contributed by atoms with Crippen LogP contribution in [-0.4, -0.2) is 18.8 Å².